The van der Waals surface area contributed by atoms with Crippen LogP contribution in [0.2, 0.25) is 0 Å². The Balaban J connectivity index is 2.48. The van der Waals surface area contributed by atoms with Crippen molar-refractivity contribution in [3.05, 3.63) is 35.7 Å². The first kappa shape index (κ1) is 9.72. The number of hydrogen-bond acceptors (Lipinski definition) is 4. The number of benzene rings is 1. The Labute approximate surface area is 83.7 Å². The van der Waals surface area contributed by atoms with Crippen molar-refractivity contribution >= 4 is 0 Å². The molecule has 0 fully saturated rings. The first-order valence-electron chi connectivity index (χ1n) is 4.19. The predicted octanol–water partition coefficient (Wildman–Crippen LogP) is 1.47. The van der Waals surface area contributed by atoms with Gasteiger partial charge in [-0.1, -0.05) is 5.16 Å². The normalized spacial score (nSPS) is 10.6. The summed E-state index contributed by atoms with van der Waals surface area (Å²) in [6.45, 7) is 0.0838. The van der Waals surface area contributed by atoms with Gasteiger partial charge in [0.2, 0.25) is 0 Å². The van der Waals surface area contributed by atoms with Crippen LogP contribution in [-0.4, -0.2) is 10.1 Å². The molecule has 0 unspecified atom stereocenters. The zero-order chi connectivity index (χ0) is 10.8. The summed E-state index contributed by atoms with van der Waals surface area (Å²) in [4.78, 5) is 3.79. The van der Waals surface area contributed by atoms with Crippen molar-refractivity contribution in [3.8, 4) is 11.5 Å². The number of rotatable bonds is 2. The lowest BCUT2D eigenvalue weighted by atomic mass is 10.2. The first-order valence-corrected chi connectivity index (χ1v) is 4.19. The van der Waals surface area contributed by atoms with E-state index < -0.39 is 11.6 Å². The zero-order valence-electron chi connectivity index (χ0n) is 7.58. The van der Waals surface area contributed by atoms with Crippen LogP contribution >= 0.6 is 0 Å². The maximum atomic E-state index is 13.2. The Bertz CT molecular complexity index is 484. The van der Waals surface area contributed by atoms with Crippen LogP contribution in [-0.2, 0) is 6.54 Å². The molecule has 0 radical (unpaired) electrons. The SMILES string of the molecule is NCc1noc(-c2cc(F)ccc2F)n1. The Hall–Kier alpha value is -1.82. The van der Waals surface area contributed by atoms with E-state index in [4.69, 9.17) is 10.3 Å². The standard InChI is InChI=1S/C9H7F2N3O/c10-5-1-2-7(11)6(3-5)9-13-8(4-12)14-15-9/h1-3H,4,12H2. The molecule has 0 amide bonds. The molecule has 78 valence electrons. The Morgan fingerprint density at radius 1 is 1.33 bits per heavy atom. The maximum absolute atomic E-state index is 13.2. The third-order valence-corrected chi connectivity index (χ3v) is 1.81. The summed E-state index contributed by atoms with van der Waals surface area (Å²) < 4.78 is 30.8. The van der Waals surface area contributed by atoms with Crippen molar-refractivity contribution in [2.75, 3.05) is 0 Å². The van der Waals surface area contributed by atoms with E-state index in [1.54, 1.807) is 0 Å². The minimum Gasteiger partial charge on any atom is -0.334 e. The number of nitrogens with two attached hydrogens (primary N) is 1. The Morgan fingerprint density at radius 3 is 2.80 bits per heavy atom. The van der Waals surface area contributed by atoms with Crippen LogP contribution in [0.1, 0.15) is 5.82 Å². The van der Waals surface area contributed by atoms with Gasteiger partial charge in [0.15, 0.2) is 5.82 Å². The molecule has 0 saturated carbocycles. The molecule has 1 aromatic heterocycles. The van der Waals surface area contributed by atoms with Crippen LogP contribution in [0, 0.1) is 11.6 Å². The molecule has 1 heterocycles. The van der Waals surface area contributed by atoms with Crippen molar-refractivity contribution in [2.45, 2.75) is 6.54 Å². The molecule has 0 aliphatic carbocycles. The van der Waals surface area contributed by atoms with Crippen LogP contribution < -0.4 is 5.73 Å². The van der Waals surface area contributed by atoms with Gasteiger partial charge in [0.25, 0.3) is 5.89 Å². The quantitative estimate of drug-likeness (QED) is 0.816. The highest BCUT2D eigenvalue weighted by Gasteiger charge is 2.13. The van der Waals surface area contributed by atoms with E-state index in [-0.39, 0.29) is 23.8 Å². The second kappa shape index (κ2) is 3.74. The molecule has 0 saturated heterocycles. The lowest BCUT2D eigenvalue weighted by Crippen LogP contribution is -1.98. The molecule has 1 aromatic carbocycles. The maximum Gasteiger partial charge on any atom is 0.261 e. The molecule has 15 heavy (non-hydrogen) atoms. The van der Waals surface area contributed by atoms with Gasteiger partial charge in [-0.2, -0.15) is 4.98 Å². The first-order chi connectivity index (χ1) is 7.20. The number of aromatic nitrogens is 2. The van der Waals surface area contributed by atoms with E-state index in [2.05, 4.69) is 10.1 Å². The summed E-state index contributed by atoms with van der Waals surface area (Å²) in [5.41, 5.74) is 5.19. The average Bonchev–Trinajstić information content (AvgIpc) is 2.70. The second-order valence-corrected chi connectivity index (χ2v) is 2.84. The summed E-state index contributed by atoms with van der Waals surface area (Å²) >= 11 is 0. The minimum atomic E-state index is -0.622. The molecule has 2 rings (SSSR count). The molecule has 0 spiro atoms. The van der Waals surface area contributed by atoms with Crippen molar-refractivity contribution in [2.24, 2.45) is 5.73 Å². The highest BCUT2D eigenvalue weighted by atomic mass is 19.1. The number of nitrogens with zero attached hydrogens (tertiary/aromatic N) is 2. The molecule has 2 aromatic rings. The van der Waals surface area contributed by atoms with Gasteiger partial charge < -0.3 is 10.3 Å². The van der Waals surface area contributed by atoms with Gasteiger partial charge in [0.05, 0.1) is 12.1 Å². The molecule has 0 aliphatic heterocycles. The summed E-state index contributed by atoms with van der Waals surface area (Å²) in [6, 6.07) is 3.00. The minimum absolute atomic E-state index is 0.0674. The molecule has 0 atom stereocenters. The van der Waals surface area contributed by atoms with Crippen LogP contribution in [0.4, 0.5) is 8.78 Å². The molecule has 6 heteroatoms. The lowest BCUT2D eigenvalue weighted by molar-refractivity contribution is 0.420. The summed E-state index contributed by atoms with van der Waals surface area (Å²) in [5.74, 6) is -1.02. The van der Waals surface area contributed by atoms with Crippen LogP contribution in [0.15, 0.2) is 22.7 Å². The van der Waals surface area contributed by atoms with E-state index in [9.17, 15) is 8.78 Å². The van der Waals surface area contributed by atoms with E-state index in [1.807, 2.05) is 0 Å². The van der Waals surface area contributed by atoms with E-state index >= 15 is 0 Å². The fraction of sp³-hybridized carbons (Fsp3) is 0.111. The highest BCUT2D eigenvalue weighted by molar-refractivity contribution is 5.53. The monoisotopic (exact) mass is 211 g/mol. The third kappa shape index (κ3) is 1.84. The third-order valence-electron chi connectivity index (χ3n) is 1.81. The molecule has 2 N–H and O–H groups in total. The van der Waals surface area contributed by atoms with Crippen molar-refractivity contribution in [1.82, 2.24) is 10.1 Å². The van der Waals surface area contributed by atoms with Gasteiger partial charge in [0.1, 0.15) is 11.6 Å². The zero-order valence-corrected chi connectivity index (χ0v) is 7.58. The van der Waals surface area contributed by atoms with Gasteiger partial charge in [0, 0.05) is 0 Å². The van der Waals surface area contributed by atoms with Gasteiger partial charge >= 0.3 is 0 Å². The molecule has 4 nitrogen and oxygen atoms in total. The topological polar surface area (TPSA) is 64.9 Å². The van der Waals surface area contributed by atoms with E-state index in [1.165, 1.54) is 0 Å². The highest BCUT2D eigenvalue weighted by Crippen LogP contribution is 2.21. The Morgan fingerprint density at radius 2 is 2.13 bits per heavy atom. The number of hydrogen-bond donors (Lipinski definition) is 1. The molecular weight excluding hydrogens is 204 g/mol. The van der Waals surface area contributed by atoms with Gasteiger partial charge in [-0.15, -0.1) is 0 Å². The summed E-state index contributed by atoms with van der Waals surface area (Å²) in [5, 5.41) is 3.48. The fourth-order valence-electron chi connectivity index (χ4n) is 1.11. The van der Waals surface area contributed by atoms with E-state index in [0.29, 0.717) is 0 Å². The van der Waals surface area contributed by atoms with Crippen LogP contribution in [0.5, 0.6) is 0 Å². The van der Waals surface area contributed by atoms with Gasteiger partial charge in [-0.25, -0.2) is 8.78 Å². The van der Waals surface area contributed by atoms with Crippen molar-refractivity contribution in [1.29, 1.82) is 0 Å². The summed E-state index contributed by atoms with van der Waals surface area (Å²) in [6.07, 6.45) is 0. The van der Waals surface area contributed by atoms with Gasteiger partial charge in [-0.3, -0.25) is 0 Å². The van der Waals surface area contributed by atoms with Crippen molar-refractivity contribution in [3.63, 3.8) is 0 Å². The largest absolute Gasteiger partial charge is 0.334 e. The smallest absolute Gasteiger partial charge is 0.261 e. The van der Waals surface area contributed by atoms with Gasteiger partial charge in [-0.05, 0) is 18.2 Å². The fourth-order valence-corrected chi connectivity index (χ4v) is 1.11. The predicted molar refractivity (Wildman–Crippen MR) is 47.5 cm³/mol. The molecular formula is C9H7F2N3O. The lowest BCUT2D eigenvalue weighted by Gasteiger charge is -1.96. The molecule has 0 aliphatic rings. The summed E-state index contributed by atoms with van der Waals surface area (Å²) in [7, 11) is 0. The van der Waals surface area contributed by atoms with E-state index in [0.717, 1.165) is 18.2 Å². The Kier molecular flexibility index (Phi) is 2.42. The molecule has 0 bridgehead atoms. The van der Waals surface area contributed by atoms with Crippen LogP contribution in [0.3, 0.4) is 0 Å². The second-order valence-electron chi connectivity index (χ2n) is 2.84. The average molecular weight is 211 g/mol. The number of halogens is 2. The van der Waals surface area contributed by atoms with Crippen molar-refractivity contribution < 1.29 is 13.3 Å². The van der Waals surface area contributed by atoms with Crippen LogP contribution in [0.25, 0.3) is 11.5 Å².